The van der Waals surface area contributed by atoms with Gasteiger partial charge < -0.3 is 50.3 Å². The number of benzene rings is 2. The number of rotatable bonds is 11. The average Bonchev–Trinajstić information content (AvgIpc) is 4.08. The number of urea groups is 2. The number of anilines is 6. The molecule has 0 radical (unpaired) electrons. The van der Waals surface area contributed by atoms with Gasteiger partial charge in [-0.3, -0.25) is 9.59 Å². The Morgan fingerprint density at radius 3 is 1.70 bits per heavy atom. The molecule has 12 rings (SSSR count). The lowest BCUT2D eigenvalue weighted by molar-refractivity contribution is -0.128. The summed E-state index contributed by atoms with van der Waals surface area (Å²) in [6.45, 7) is 7.81. The van der Waals surface area contributed by atoms with Gasteiger partial charge in [-0.15, -0.1) is 0 Å². The zero-order chi connectivity index (χ0) is 44.9. The van der Waals surface area contributed by atoms with Gasteiger partial charge >= 0.3 is 12.1 Å². The summed E-state index contributed by atoms with van der Waals surface area (Å²) in [5.74, 6) is 4.11. The number of fused-ring (bicyclic) bond motifs is 6. The highest BCUT2D eigenvalue weighted by atomic mass is 16.5. The van der Waals surface area contributed by atoms with Gasteiger partial charge in [0.05, 0.1) is 38.8 Å². The molecule has 342 valence electrons. The third-order valence-corrected chi connectivity index (χ3v) is 14.8. The van der Waals surface area contributed by atoms with Crippen LogP contribution < -0.4 is 40.9 Å². The van der Waals surface area contributed by atoms with Gasteiger partial charge in [-0.05, 0) is 125 Å². The summed E-state index contributed by atoms with van der Waals surface area (Å²) in [7, 11) is 0. The van der Waals surface area contributed by atoms with Crippen molar-refractivity contribution in [2.75, 3.05) is 82.8 Å². The van der Waals surface area contributed by atoms with Crippen molar-refractivity contribution in [3.8, 4) is 22.8 Å². The van der Waals surface area contributed by atoms with Crippen LogP contribution in [0.15, 0.2) is 60.9 Å². The summed E-state index contributed by atoms with van der Waals surface area (Å²) in [4.78, 5) is 81.0. The summed E-state index contributed by atoms with van der Waals surface area (Å²) in [6.07, 6.45) is 9.70. The number of ether oxygens (including phenoxy) is 2. The molecule has 18 heteroatoms. The van der Waals surface area contributed by atoms with Crippen LogP contribution >= 0.6 is 0 Å². The molecule has 6 fully saturated rings. The quantitative estimate of drug-likeness (QED) is 0.157. The van der Waals surface area contributed by atoms with Crippen LogP contribution in [0.3, 0.4) is 0 Å². The van der Waals surface area contributed by atoms with E-state index in [0.29, 0.717) is 98.3 Å². The number of morpholine rings is 2. The maximum absolute atomic E-state index is 14.3. The molecule has 6 heterocycles. The third-order valence-electron chi connectivity index (χ3n) is 14.8. The molecule has 0 spiro atoms. The van der Waals surface area contributed by atoms with E-state index in [0.717, 1.165) is 61.2 Å². The molecular weight excluding hydrogens is 841 g/mol. The summed E-state index contributed by atoms with van der Waals surface area (Å²) in [6, 6.07) is 14.8. The highest BCUT2D eigenvalue weighted by Crippen LogP contribution is 2.56. The fourth-order valence-electron chi connectivity index (χ4n) is 10.5. The number of carbonyl (C=O) groups is 4. The first-order chi connectivity index (χ1) is 32.0. The lowest BCUT2D eigenvalue weighted by atomic mass is 9.93. The standard InChI is InChI=1S/C48H54N12O6/c1-47-25-65-17-15-59(47)41-37(57(43(47)61)23-27-3-4-27)21-49-39(55-41)29-7-11-32(12-8-29)53-46(64)54-36-20-35(36)34-19-30(34)24-58-38-22-50-40(56-42(38)60-16-18-66-26-48(60,2)44(58)62)28-5-9-31(10-6-28)51-45(63)52-33-13-14-33/h5-12,21-22,27,30,33-36H,3-4,13-20,23-26H2,1-2H3,(H2,51,52,63)(H2,53,54,64). The van der Waals surface area contributed by atoms with E-state index >= 15 is 0 Å². The Kier molecular flexibility index (Phi) is 9.71. The smallest absolute Gasteiger partial charge is 0.319 e. The number of hydrogen-bond acceptors (Lipinski definition) is 12. The molecule has 4 aliphatic heterocycles. The first-order valence-electron chi connectivity index (χ1n) is 23.5. The normalized spacial score (nSPS) is 28.4. The SMILES string of the molecule is CC12COCCN1c1nc(-c3ccc(NC(=O)NC4CC4C4CC4CN4C(=O)C5(C)COCCN5c5nc(-c6ccc(NC(=O)NC7CC7)cc6)ncc54)cc3)ncc1N(CC1CC1)C2=O. The van der Waals surface area contributed by atoms with E-state index in [-0.39, 0.29) is 48.5 Å². The van der Waals surface area contributed by atoms with E-state index in [2.05, 4.69) is 31.1 Å². The molecular formula is C48H54N12O6. The van der Waals surface area contributed by atoms with E-state index in [1.807, 2.05) is 72.2 Å². The lowest BCUT2D eigenvalue weighted by Crippen LogP contribution is -2.67. The van der Waals surface area contributed by atoms with Crippen LogP contribution in [0.5, 0.6) is 0 Å². The summed E-state index contributed by atoms with van der Waals surface area (Å²) >= 11 is 0. The molecule has 2 aromatic heterocycles. The first-order valence-corrected chi connectivity index (χ1v) is 23.5. The van der Waals surface area contributed by atoms with E-state index in [1.165, 1.54) is 0 Å². The van der Waals surface area contributed by atoms with Gasteiger partial charge in [0.1, 0.15) is 22.5 Å². The van der Waals surface area contributed by atoms with E-state index in [4.69, 9.17) is 29.4 Å². The Morgan fingerprint density at radius 2 is 1.18 bits per heavy atom. The maximum atomic E-state index is 14.3. The predicted molar refractivity (Wildman–Crippen MR) is 246 cm³/mol. The Bertz CT molecular complexity index is 2630. The molecule has 66 heavy (non-hydrogen) atoms. The molecule has 6 atom stereocenters. The van der Waals surface area contributed by atoms with Crippen LogP contribution in [0.1, 0.15) is 52.4 Å². The van der Waals surface area contributed by atoms with Gasteiger partial charge in [-0.25, -0.2) is 29.5 Å². The van der Waals surface area contributed by atoms with Crippen molar-refractivity contribution in [1.82, 2.24) is 30.6 Å². The second kappa shape index (κ2) is 15.6. The minimum atomic E-state index is -0.902. The molecule has 8 aliphatic rings. The first kappa shape index (κ1) is 41.1. The molecule has 18 nitrogen and oxygen atoms in total. The lowest BCUT2D eigenvalue weighted by Gasteiger charge is -2.50. The topological polar surface area (TPSA) is 199 Å². The summed E-state index contributed by atoms with van der Waals surface area (Å²) in [5.41, 5.74) is 2.68. The van der Waals surface area contributed by atoms with Gasteiger partial charge in [0.15, 0.2) is 23.3 Å². The minimum Gasteiger partial charge on any atom is -0.377 e. The fraction of sp³-hybridized carbons (Fsp3) is 0.500. The highest BCUT2D eigenvalue weighted by molar-refractivity contribution is 6.09. The van der Waals surface area contributed by atoms with E-state index < -0.39 is 11.1 Å². The van der Waals surface area contributed by atoms with Crippen molar-refractivity contribution < 1.29 is 28.7 Å². The van der Waals surface area contributed by atoms with Crippen molar-refractivity contribution in [3.63, 3.8) is 0 Å². The Hall–Kier alpha value is -6.40. The van der Waals surface area contributed by atoms with Gasteiger partial charge in [0, 0.05) is 60.8 Å². The van der Waals surface area contributed by atoms with Crippen molar-refractivity contribution in [2.24, 2.45) is 23.7 Å². The second-order valence-electron chi connectivity index (χ2n) is 19.8. The van der Waals surface area contributed by atoms with Crippen LogP contribution in [0.25, 0.3) is 22.8 Å². The third kappa shape index (κ3) is 7.43. The van der Waals surface area contributed by atoms with Crippen LogP contribution in [0.2, 0.25) is 0 Å². The van der Waals surface area contributed by atoms with Crippen molar-refractivity contribution >= 4 is 58.3 Å². The zero-order valence-corrected chi connectivity index (χ0v) is 37.2. The molecule has 4 N–H and O–H groups in total. The van der Waals surface area contributed by atoms with Crippen LogP contribution in [0.4, 0.5) is 44.0 Å². The number of carbonyl (C=O) groups excluding carboxylic acids is 4. The van der Waals surface area contributed by atoms with Crippen molar-refractivity contribution in [1.29, 1.82) is 0 Å². The Labute approximate surface area is 382 Å². The van der Waals surface area contributed by atoms with Gasteiger partial charge in [-0.2, -0.15) is 0 Å². The molecule has 0 bridgehead atoms. The molecule has 4 saturated carbocycles. The molecule has 4 aromatic rings. The molecule has 2 saturated heterocycles. The zero-order valence-electron chi connectivity index (χ0n) is 37.2. The minimum absolute atomic E-state index is 0.0160. The van der Waals surface area contributed by atoms with Crippen molar-refractivity contribution in [2.45, 2.75) is 75.5 Å². The number of aromatic nitrogens is 4. The van der Waals surface area contributed by atoms with Crippen LogP contribution in [0, 0.1) is 23.7 Å². The largest absolute Gasteiger partial charge is 0.377 e. The maximum Gasteiger partial charge on any atom is 0.319 e. The summed E-state index contributed by atoms with van der Waals surface area (Å²) < 4.78 is 11.7. The Morgan fingerprint density at radius 1 is 0.667 bits per heavy atom. The van der Waals surface area contributed by atoms with Gasteiger partial charge in [0.2, 0.25) is 0 Å². The summed E-state index contributed by atoms with van der Waals surface area (Å²) in [5, 5.41) is 12.0. The second-order valence-corrected chi connectivity index (χ2v) is 19.8. The average molecular weight is 895 g/mol. The van der Waals surface area contributed by atoms with Crippen LogP contribution in [-0.2, 0) is 19.1 Å². The number of nitrogens with zero attached hydrogens (tertiary/aromatic N) is 8. The molecule has 4 aliphatic carbocycles. The number of hydrogen-bond donors (Lipinski definition) is 4. The monoisotopic (exact) mass is 894 g/mol. The number of nitrogens with one attached hydrogen (secondary N) is 4. The van der Waals surface area contributed by atoms with E-state index in [9.17, 15) is 19.2 Å². The molecule has 6 amide bonds. The van der Waals surface area contributed by atoms with Gasteiger partial charge in [-0.1, -0.05) is 0 Å². The fourth-order valence-corrected chi connectivity index (χ4v) is 10.5. The van der Waals surface area contributed by atoms with E-state index in [1.54, 1.807) is 12.4 Å². The predicted octanol–water partition coefficient (Wildman–Crippen LogP) is 5.02. The van der Waals surface area contributed by atoms with Crippen molar-refractivity contribution in [3.05, 3.63) is 60.9 Å². The number of amides is 6. The highest BCUT2D eigenvalue weighted by Gasteiger charge is 2.57. The molecule has 2 aromatic carbocycles. The van der Waals surface area contributed by atoms with Gasteiger partial charge in [0.25, 0.3) is 11.8 Å². The molecule has 6 unspecified atom stereocenters. The van der Waals surface area contributed by atoms with Crippen LogP contribution in [-0.4, -0.2) is 120 Å². The Balaban J connectivity index is 0.678.